The van der Waals surface area contributed by atoms with Gasteiger partial charge in [-0.3, -0.25) is 4.99 Å². The average Bonchev–Trinajstić information content (AvgIpc) is 2.85. The second-order valence-corrected chi connectivity index (χ2v) is 9.14. The van der Waals surface area contributed by atoms with Gasteiger partial charge in [-0.1, -0.05) is 78.9 Å². The van der Waals surface area contributed by atoms with Crippen molar-refractivity contribution in [3.63, 3.8) is 0 Å². The van der Waals surface area contributed by atoms with Crippen molar-refractivity contribution in [1.82, 2.24) is 4.90 Å². The normalized spacial score (nSPS) is 25.1. The molecule has 0 saturated carbocycles. The summed E-state index contributed by atoms with van der Waals surface area (Å²) in [4.78, 5) is 7.55. The fourth-order valence-electron chi connectivity index (χ4n) is 5.74. The molecule has 5 heteroatoms. The molecule has 3 fully saturated rings. The molecule has 2 bridgehead atoms. The zero-order chi connectivity index (χ0) is 22.9. The molecule has 1 atom stereocenters. The van der Waals surface area contributed by atoms with Crippen LogP contribution >= 0.6 is 0 Å². The van der Waals surface area contributed by atoms with E-state index < -0.39 is 17.3 Å². The van der Waals surface area contributed by atoms with Gasteiger partial charge in [-0.25, -0.2) is 0 Å². The van der Waals surface area contributed by atoms with E-state index in [0.29, 0.717) is 5.92 Å². The van der Waals surface area contributed by atoms with Crippen LogP contribution in [0.4, 0.5) is 13.2 Å². The first-order valence-electron chi connectivity index (χ1n) is 11.5. The van der Waals surface area contributed by atoms with Crippen molar-refractivity contribution >= 4 is 6.21 Å². The van der Waals surface area contributed by atoms with E-state index in [4.69, 9.17) is 4.99 Å². The van der Waals surface area contributed by atoms with Gasteiger partial charge in [-0.05, 0) is 49.0 Å². The summed E-state index contributed by atoms with van der Waals surface area (Å²) in [5, 5.41) is 0. The van der Waals surface area contributed by atoms with E-state index >= 15 is 0 Å². The smallest absolute Gasteiger partial charge is 0.301 e. The number of nitrogens with zero attached hydrogens (tertiary/aromatic N) is 2. The Kier molecular flexibility index (Phi) is 5.83. The first-order chi connectivity index (χ1) is 16.0. The topological polar surface area (TPSA) is 15.6 Å². The van der Waals surface area contributed by atoms with Crippen molar-refractivity contribution in [3.8, 4) is 0 Å². The van der Waals surface area contributed by atoms with Gasteiger partial charge in [0.1, 0.15) is 0 Å². The van der Waals surface area contributed by atoms with Crippen LogP contribution in [0.5, 0.6) is 0 Å². The van der Waals surface area contributed by atoms with E-state index in [1.165, 1.54) is 18.3 Å². The van der Waals surface area contributed by atoms with Crippen LogP contribution in [-0.2, 0) is 6.18 Å². The molecule has 3 aromatic rings. The van der Waals surface area contributed by atoms with Gasteiger partial charge in [0.25, 0.3) is 0 Å². The van der Waals surface area contributed by atoms with E-state index in [1.807, 2.05) is 36.4 Å². The third-order valence-electron chi connectivity index (χ3n) is 7.25. The van der Waals surface area contributed by atoms with Gasteiger partial charge >= 0.3 is 6.18 Å². The minimum Gasteiger partial charge on any atom is -0.301 e. The first kappa shape index (κ1) is 21.9. The van der Waals surface area contributed by atoms with Crippen molar-refractivity contribution in [2.45, 2.75) is 30.5 Å². The Morgan fingerprint density at radius 2 is 1.36 bits per heavy atom. The summed E-state index contributed by atoms with van der Waals surface area (Å²) in [5.74, 6) is 0.268. The van der Waals surface area contributed by atoms with Crippen molar-refractivity contribution in [1.29, 1.82) is 0 Å². The van der Waals surface area contributed by atoms with Gasteiger partial charge in [0.05, 0.1) is 11.1 Å². The number of piperidine rings is 3. The molecular formula is C28H27F3N2. The maximum Gasteiger partial charge on any atom is 0.417 e. The number of aliphatic imine (C=N–C) groups is 1. The molecule has 0 N–H and O–H groups in total. The second-order valence-electron chi connectivity index (χ2n) is 9.14. The molecule has 33 heavy (non-hydrogen) atoms. The second kappa shape index (κ2) is 8.79. The zero-order valence-corrected chi connectivity index (χ0v) is 18.4. The number of hydrogen-bond donors (Lipinski definition) is 0. The molecule has 0 unspecified atom stereocenters. The molecule has 0 amide bonds. The van der Waals surface area contributed by atoms with Crippen LogP contribution in [0.3, 0.4) is 0 Å². The summed E-state index contributed by atoms with van der Waals surface area (Å²) in [6.07, 6.45) is -0.907. The highest BCUT2D eigenvalue weighted by atomic mass is 19.4. The average molecular weight is 449 g/mol. The van der Waals surface area contributed by atoms with Crippen molar-refractivity contribution in [2.75, 3.05) is 19.6 Å². The van der Waals surface area contributed by atoms with Crippen LogP contribution in [0, 0.1) is 5.92 Å². The molecule has 2 nitrogen and oxygen atoms in total. The molecule has 0 aliphatic carbocycles. The van der Waals surface area contributed by atoms with E-state index in [9.17, 15) is 13.2 Å². The quantitative estimate of drug-likeness (QED) is 0.411. The largest absolute Gasteiger partial charge is 0.417 e. The van der Waals surface area contributed by atoms with Gasteiger partial charge in [0.15, 0.2) is 0 Å². The number of fused-ring (bicyclic) bond motifs is 3. The SMILES string of the molecule is FC(F)(F)c1ccccc1C=N[C@]1(C(c2ccccc2)c2ccccc2)CN2CCC1CC2. The Bertz CT molecular complexity index is 1060. The summed E-state index contributed by atoms with van der Waals surface area (Å²) in [6.45, 7) is 2.80. The lowest BCUT2D eigenvalue weighted by Crippen LogP contribution is -2.61. The molecule has 3 saturated heterocycles. The van der Waals surface area contributed by atoms with E-state index in [1.54, 1.807) is 6.07 Å². The molecule has 3 heterocycles. The molecular weight excluding hydrogens is 421 g/mol. The Morgan fingerprint density at radius 3 is 1.88 bits per heavy atom. The summed E-state index contributed by atoms with van der Waals surface area (Å²) >= 11 is 0. The Balaban J connectivity index is 1.67. The number of hydrogen-bond acceptors (Lipinski definition) is 2. The lowest BCUT2D eigenvalue weighted by Gasteiger charge is -2.54. The molecule has 0 radical (unpaired) electrons. The van der Waals surface area contributed by atoms with Gasteiger partial charge in [0, 0.05) is 24.2 Å². The Hall–Kier alpha value is -2.92. The maximum absolute atomic E-state index is 13.7. The Morgan fingerprint density at radius 1 is 0.818 bits per heavy atom. The Labute approximate surface area is 192 Å². The summed E-state index contributed by atoms with van der Waals surface area (Å²) < 4.78 is 41.0. The number of benzene rings is 3. The molecule has 3 aliphatic heterocycles. The highest BCUT2D eigenvalue weighted by Crippen LogP contribution is 2.50. The van der Waals surface area contributed by atoms with E-state index in [-0.39, 0.29) is 11.5 Å². The maximum atomic E-state index is 13.7. The van der Waals surface area contributed by atoms with E-state index in [0.717, 1.165) is 49.7 Å². The van der Waals surface area contributed by atoms with Gasteiger partial charge in [-0.15, -0.1) is 0 Å². The molecule has 3 aromatic carbocycles. The van der Waals surface area contributed by atoms with E-state index in [2.05, 4.69) is 29.2 Å². The minimum atomic E-state index is -4.41. The first-order valence-corrected chi connectivity index (χ1v) is 11.5. The van der Waals surface area contributed by atoms with Crippen molar-refractivity contribution < 1.29 is 13.2 Å². The lowest BCUT2D eigenvalue weighted by atomic mass is 9.62. The number of alkyl halides is 3. The third kappa shape index (κ3) is 4.22. The van der Waals surface area contributed by atoms with Crippen LogP contribution in [0.2, 0.25) is 0 Å². The standard InChI is InChI=1S/C28H27F3N2/c29-28(30,31)25-14-8-7-13-23(25)19-32-27(20-33-17-15-24(27)16-18-33)26(21-9-3-1-4-10-21)22-11-5-2-6-12-22/h1-14,19,24,26H,15-18,20H2/t27-/m1/s1. The highest BCUT2D eigenvalue weighted by molar-refractivity contribution is 5.82. The highest BCUT2D eigenvalue weighted by Gasteiger charge is 2.52. The van der Waals surface area contributed by atoms with Gasteiger partial charge in [-0.2, -0.15) is 13.2 Å². The molecule has 170 valence electrons. The minimum absolute atomic E-state index is 0.0395. The predicted octanol–water partition coefficient (Wildman–Crippen LogP) is 6.42. The lowest BCUT2D eigenvalue weighted by molar-refractivity contribution is -0.137. The molecule has 0 spiro atoms. The zero-order valence-electron chi connectivity index (χ0n) is 18.4. The van der Waals surface area contributed by atoms with Crippen LogP contribution in [-0.4, -0.2) is 36.3 Å². The predicted molar refractivity (Wildman–Crippen MR) is 126 cm³/mol. The number of rotatable bonds is 5. The summed E-state index contributed by atoms with van der Waals surface area (Å²) in [6, 6.07) is 26.3. The molecule has 3 aliphatic rings. The van der Waals surface area contributed by atoms with Crippen LogP contribution in [0.15, 0.2) is 89.9 Å². The van der Waals surface area contributed by atoms with Crippen molar-refractivity contribution in [2.24, 2.45) is 10.9 Å². The van der Waals surface area contributed by atoms with Gasteiger partial charge < -0.3 is 4.90 Å². The van der Waals surface area contributed by atoms with Crippen LogP contribution in [0.1, 0.15) is 41.0 Å². The molecule has 0 aromatic heterocycles. The number of halogens is 3. The van der Waals surface area contributed by atoms with Gasteiger partial charge in [0.2, 0.25) is 0 Å². The fourth-order valence-corrected chi connectivity index (χ4v) is 5.74. The van der Waals surface area contributed by atoms with Crippen LogP contribution in [0.25, 0.3) is 0 Å². The third-order valence-corrected chi connectivity index (χ3v) is 7.25. The summed E-state index contributed by atoms with van der Waals surface area (Å²) in [5.41, 5.74) is 1.26. The fraction of sp³-hybridized carbons (Fsp3) is 0.321. The van der Waals surface area contributed by atoms with Crippen molar-refractivity contribution in [3.05, 3.63) is 107 Å². The molecule has 6 rings (SSSR count). The van der Waals surface area contributed by atoms with Crippen LogP contribution < -0.4 is 0 Å². The summed E-state index contributed by atoms with van der Waals surface area (Å²) in [7, 11) is 0. The monoisotopic (exact) mass is 448 g/mol.